The average molecular weight is 200 g/mol. The summed E-state index contributed by atoms with van der Waals surface area (Å²) in [4.78, 5) is 21.2. The fourth-order valence-corrected chi connectivity index (χ4v) is 1.72. The van der Waals surface area contributed by atoms with Crippen molar-refractivity contribution in [3.8, 4) is 0 Å². The molecule has 14 heavy (non-hydrogen) atoms. The molecule has 0 radical (unpaired) electrons. The second-order valence-corrected chi connectivity index (χ2v) is 3.87. The van der Waals surface area contributed by atoms with Gasteiger partial charge in [0.1, 0.15) is 0 Å². The highest BCUT2D eigenvalue weighted by molar-refractivity contribution is 5.74. The lowest BCUT2D eigenvalue weighted by Crippen LogP contribution is -2.51. The Balaban J connectivity index is 2.30. The van der Waals surface area contributed by atoms with Crippen molar-refractivity contribution in [3.05, 3.63) is 0 Å². The highest BCUT2D eigenvalue weighted by Crippen LogP contribution is 2.27. The van der Waals surface area contributed by atoms with Crippen LogP contribution in [0.2, 0.25) is 0 Å². The Labute approximate surface area is 82.7 Å². The number of carboxylic acid groups (broad SMARTS) is 1. The Bertz CT molecular complexity index is 242. The Morgan fingerprint density at radius 2 is 2.21 bits per heavy atom. The molecule has 5 heteroatoms. The lowest BCUT2D eigenvalue weighted by molar-refractivity contribution is -0.146. The van der Waals surface area contributed by atoms with Crippen LogP contribution in [0.1, 0.15) is 26.2 Å². The first-order valence-corrected chi connectivity index (χ1v) is 4.78. The van der Waals surface area contributed by atoms with Crippen molar-refractivity contribution in [2.45, 2.75) is 38.3 Å². The summed E-state index contributed by atoms with van der Waals surface area (Å²) in [6.07, 6.45) is 1.83. The largest absolute Gasteiger partial charge is 0.481 e. The molecule has 0 aromatic rings. The summed E-state index contributed by atoms with van der Waals surface area (Å²) < 4.78 is 0. The highest BCUT2D eigenvalue weighted by Gasteiger charge is 2.36. The molecule has 1 fully saturated rings. The van der Waals surface area contributed by atoms with Crippen LogP contribution >= 0.6 is 0 Å². The van der Waals surface area contributed by atoms with Gasteiger partial charge in [-0.2, -0.15) is 0 Å². The van der Waals surface area contributed by atoms with E-state index in [4.69, 9.17) is 10.8 Å². The quantitative estimate of drug-likeness (QED) is 0.568. The number of primary amides is 1. The SMILES string of the molecule is CC(CC(N)=O)NC1CCC1C(=O)O. The number of nitrogens with two attached hydrogens (primary N) is 1. The van der Waals surface area contributed by atoms with Gasteiger partial charge < -0.3 is 16.2 Å². The number of carboxylic acids is 1. The second kappa shape index (κ2) is 4.41. The van der Waals surface area contributed by atoms with Crippen molar-refractivity contribution in [1.29, 1.82) is 0 Å². The summed E-state index contributed by atoms with van der Waals surface area (Å²) in [5, 5.41) is 11.9. The molecule has 80 valence electrons. The van der Waals surface area contributed by atoms with E-state index in [0.29, 0.717) is 0 Å². The fourth-order valence-electron chi connectivity index (χ4n) is 1.72. The number of aliphatic carboxylic acids is 1. The van der Waals surface area contributed by atoms with Gasteiger partial charge in [0.05, 0.1) is 5.92 Å². The molecule has 0 aromatic heterocycles. The first-order chi connectivity index (χ1) is 6.50. The van der Waals surface area contributed by atoms with Crippen LogP contribution in [0.15, 0.2) is 0 Å². The van der Waals surface area contributed by atoms with Gasteiger partial charge >= 0.3 is 5.97 Å². The standard InChI is InChI=1S/C9H16N2O3/c1-5(4-8(10)12)11-7-3-2-6(7)9(13)14/h5-7,11H,2-4H2,1H3,(H2,10,12)(H,13,14). The lowest BCUT2D eigenvalue weighted by atomic mass is 9.79. The second-order valence-electron chi connectivity index (χ2n) is 3.87. The van der Waals surface area contributed by atoms with Crippen LogP contribution in [0.5, 0.6) is 0 Å². The maximum atomic E-state index is 10.7. The molecule has 3 unspecified atom stereocenters. The van der Waals surface area contributed by atoms with E-state index in [9.17, 15) is 9.59 Å². The van der Waals surface area contributed by atoms with E-state index in [2.05, 4.69) is 5.32 Å². The maximum Gasteiger partial charge on any atom is 0.308 e. The summed E-state index contributed by atoms with van der Waals surface area (Å²) >= 11 is 0. The van der Waals surface area contributed by atoms with Gasteiger partial charge in [0.15, 0.2) is 0 Å². The van der Waals surface area contributed by atoms with E-state index in [1.807, 2.05) is 6.92 Å². The van der Waals surface area contributed by atoms with Crippen LogP contribution in [0, 0.1) is 5.92 Å². The average Bonchev–Trinajstić information content (AvgIpc) is 1.95. The van der Waals surface area contributed by atoms with Gasteiger partial charge in [-0.15, -0.1) is 0 Å². The lowest BCUT2D eigenvalue weighted by Gasteiger charge is -2.36. The number of amides is 1. The van der Waals surface area contributed by atoms with Crippen molar-refractivity contribution in [1.82, 2.24) is 5.32 Å². The van der Waals surface area contributed by atoms with Crippen molar-refractivity contribution in [2.75, 3.05) is 0 Å². The van der Waals surface area contributed by atoms with Crippen LogP contribution in [-0.4, -0.2) is 29.1 Å². The predicted octanol–water partition coefficient (Wildman–Crippen LogP) is -0.297. The molecule has 1 amide bonds. The van der Waals surface area contributed by atoms with Gasteiger partial charge in [0.25, 0.3) is 0 Å². The first-order valence-electron chi connectivity index (χ1n) is 4.78. The molecule has 0 heterocycles. The van der Waals surface area contributed by atoms with E-state index in [1.54, 1.807) is 0 Å². The molecule has 3 atom stereocenters. The van der Waals surface area contributed by atoms with Crippen LogP contribution in [0.3, 0.4) is 0 Å². The number of carbonyl (C=O) groups excluding carboxylic acids is 1. The van der Waals surface area contributed by atoms with Crippen LogP contribution in [-0.2, 0) is 9.59 Å². The molecule has 0 saturated heterocycles. The summed E-state index contributed by atoms with van der Waals surface area (Å²) in [7, 11) is 0. The summed E-state index contributed by atoms with van der Waals surface area (Å²) in [5.74, 6) is -1.43. The van der Waals surface area contributed by atoms with Crippen molar-refractivity contribution in [2.24, 2.45) is 11.7 Å². The molecule has 0 bridgehead atoms. The van der Waals surface area contributed by atoms with E-state index >= 15 is 0 Å². The molecule has 1 rings (SSSR count). The normalized spacial score (nSPS) is 27.8. The molecule has 4 N–H and O–H groups in total. The van der Waals surface area contributed by atoms with Gasteiger partial charge in [-0.05, 0) is 19.8 Å². The van der Waals surface area contributed by atoms with Crippen molar-refractivity contribution in [3.63, 3.8) is 0 Å². The number of hydrogen-bond donors (Lipinski definition) is 3. The van der Waals surface area contributed by atoms with Gasteiger partial charge in [-0.25, -0.2) is 0 Å². The zero-order valence-electron chi connectivity index (χ0n) is 8.19. The third kappa shape index (κ3) is 2.70. The van der Waals surface area contributed by atoms with Crippen molar-refractivity contribution < 1.29 is 14.7 Å². The van der Waals surface area contributed by atoms with E-state index in [1.165, 1.54) is 0 Å². The third-order valence-electron chi connectivity index (χ3n) is 2.60. The zero-order valence-corrected chi connectivity index (χ0v) is 8.19. The van der Waals surface area contributed by atoms with Crippen LogP contribution in [0.4, 0.5) is 0 Å². The number of carbonyl (C=O) groups is 2. The van der Waals surface area contributed by atoms with Crippen LogP contribution in [0.25, 0.3) is 0 Å². The first kappa shape index (κ1) is 11.0. The molecule has 0 aromatic carbocycles. The molecule has 1 aliphatic carbocycles. The Morgan fingerprint density at radius 3 is 2.57 bits per heavy atom. The van der Waals surface area contributed by atoms with Crippen LogP contribution < -0.4 is 11.1 Å². The van der Waals surface area contributed by atoms with Gasteiger partial charge in [0, 0.05) is 18.5 Å². The Kier molecular flexibility index (Phi) is 3.46. The Morgan fingerprint density at radius 1 is 1.57 bits per heavy atom. The molecular formula is C9H16N2O3. The van der Waals surface area contributed by atoms with Gasteiger partial charge in [-0.3, -0.25) is 9.59 Å². The molecule has 1 aliphatic rings. The number of rotatable bonds is 5. The minimum atomic E-state index is -0.764. The van der Waals surface area contributed by atoms with E-state index in [0.717, 1.165) is 12.8 Å². The topological polar surface area (TPSA) is 92.4 Å². The molecule has 0 aliphatic heterocycles. The summed E-state index contributed by atoms with van der Waals surface area (Å²) in [6.45, 7) is 1.84. The highest BCUT2D eigenvalue weighted by atomic mass is 16.4. The number of hydrogen-bond acceptors (Lipinski definition) is 3. The minimum absolute atomic E-state index is 0.00171. The third-order valence-corrected chi connectivity index (χ3v) is 2.60. The smallest absolute Gasteiger partial charge is 0.308 e. The monoisotopic (exact) mass is 200 g/mol. The zero-order chi connectivity index (χ0) is 10.7. The maximum absolute atomic E-state index is 10.7. The summed E-state index contributed by atoms with van der Waals surface area (Å²) in [6, 6.07) is -0.0403. The summed E-state index contributed by atoms with van der Waals surface area (Å²) in [5.41, 5.74) is 5.03. The molecule has 0 spiro atoms. The number of nitrogens with one attached hydrogen (secondary N) is 1. The fraction of sp³-hybridized carbons (Fsp3) is 0.778. The van der Waals surface area contributed by atoms with Crippen molar-refractivity contribution >= 4 is 11.9 Å². The molecular weight excluding hydrogens is 184 g/mol. The minimum Gasteiger partial charge on any atom is -0.481 e. The predicted molar refractivity (Wildman–Crippen MR) is 50.6 cm³/mol. The molecule has 5 nitrogen and oxygen atoms in total. The van der Waals surface area contributed by atoms with E-state index in [-0.39, 0.29) is 30.3 Å². The van der Waals surface area contributed by atoms with E-state index < -0.39 is 5.97 Å². The Hall–Kier alpha value is -1.10. The van der Waals surface area contributed by atoms with Gasteiger partial charge in [0.2, 0.25) is 5.91 Å². The molecule has 1 saturated carbocycles. The van der Waals surface area contributed by atoms with Gasteiger partial charge in [-0.1, -0.05) is 0 Å².